The lowest BCUT2D eigenvalue weighted by Crippen LogP contribution is -2.59. The highest BCUT2D eigenvalue weighted by molar-refractivity contribution is 6.92. The number of anilines is 2. The molecule has 0 radical (unpaired) electrons. The summed E-state index contributed by atoms with van der Waals surface area (Å²) in [5, 5.41) is 2.51. The van der Waals surface area contributed by atoms with E-state index in [1.807, 2.05) is 0 Å². The molecule has 10 aromatic rings. The first kappa shape index (κ1) is 32.7. The van der Waals surface area contributed by atoms with Crippen LogP contribution in [0.3, 0.4) is 0 Å². The van der Waals surface area contributed by atoms with Crippen molar-refractivity contribution >= 4 is 51.0 Å². The third kappa shape index (κ3) is 5.02. The van der Waals surface area contributed by atoms with Gasteiger partial charge in [0, 0.05) is 38.9 Å². The van der Waals surface area contributed by atoms with Gasteiger partial charge in [-0.05, 0) is 105 Å². The predicted molar refractivity (Wildman–Crippen MR) is 243 cm³/mol. The fourth-order valence-corrected chi connectivity index (χ4v) is 9.50. The number of hydrogen-bond acceptors (Lipinski definition) is 2. The van der Waals surface area contributed by atoms with E-state index in [1.165, 1.54) is 66.3 Å². The molecule has 2 aliphatic rings. The second-order valence-corrected chi connectivity index (χ2v) is 15.2. The first-order valence-corrected chi connectivity index (χ1v) is 20.0. The van der Waals surface area contributed by atoms with E-state index in [1.54, 1.807) is 0 Å². The zero-order chi connectivity index (χ0) is 38.2. The van der Waals surface area contributed by atoms with E-state index >= 15 is 0 Å². The lowest BCUT2D eigenvalue weighted by molar-refractivity contribution is 0.487. The number of rotatable bonds is 5. The van der Waals surface area contributed by atoms with Crippen LogP contribution in [-0.2, 0) is 0 Å². The Morgan fingerprint density at radius 1 is 0.362 bits per heavy atom. The Kier molecular flexibility index (Phi) is 7.33. The number of ether oxygens (including phenoxy) is 1. The third-order valence-corrected chi connectivity index (χ3v) is 12.0. The van der Waals surface area contributed by atoms with Crippen molar-refractivity contribution in [3.05, 3.63) is 212 Å². The molecule has 1 aromatic heterocycles. The molecular formula is C54H35BN2O. The quantitative estimate of drug-likeness (QED) is 0.164. The van der Waals surface area contributed by atoms with Crippen LogP contribution in [0.15, 0.2) is 212 Å². The molecule has 58 heavy (non-hydrogen) atoms. The number of hydrogen-bond donors (Lipinski definition) is 0. The normalized spacial score (nSPS) is 12.6. The second-order valence-electron chi connectivity index (χ2n) is 15.2. The summed E-state index contributed by atoms with van der Waals surface area (Å²) in [5.41, 5.74) is 17.6. The minimum absolute atomic E-state index is 0.0949. The number of fused-ring (bicyclic) bond motifs is 7. The summed E-state index contributed by atoms with van der Waals surface area (Å²) < 4.78 is 9.32. The number of nitrogens with zero attached hydrogens (tertiary/aromatic N) is 2. The molecule has 3 heterocycles. The number of benzene rings is 9. The minimum atomic E-state index is -0.0949. The summed E-state index contributed by atoms with van der Waals surface area (Å²) in [4.78, 5) is 2.53. The van der Waals surface area contributed by atoms with E-state index in [0.717, 1.165) is 39.5 Å². The molecule has 0 N–H and O–H groups in total. The molecule has 2 aliphatic heterocycles. The van der Waals surface area contributed by atoms with Crippen LogP contribution in [0.1, 0.15) is 0 Å². The van der Waals surface area contributed by atoms with E-state index in [2.05, 4.69) is 222 Å². The molecule has 0 spiro atoms. The van der Waals surface area contributed by atoms with Gasteiger partial charge in [-0.25, -0.2) is 0 Å². The molecule has 270 valence electrons. The van der Waals surface area contributed by atoms with Gasteiger partial charge in [-0.2, -0.15) is 0 Å². The summed E-state index contributed by atoms with van der Waals surface area (Å²) in [6.45, 7) is -0.0949. The first-order chi connectivity index (χ1) is 28.8. The van der Waals surface area contributed by atoms with Gasteiger partial charge in [-0.15, -0.1) is 0 Å². The zero-order valence-electron chi connectivity index (χ0n) is 31.6. The molecule has 3 nitrogen and oxygen atoms in total. The molecule has 0 aliphatic carbocycles. The monoisotopic (exact) mass is 738 g/mol. The molecule has 0 unspecified atom stereocenters. The van der Waals surface area contributed by atoms with Crippen LogP contribution in [0.25, 0.3) is 72.0 Å². The Labute approximate surface area is 337 Å². The van der Waals surface area contributed by atoms with Gasteiger partial charge < -0.3 is 14.1 Å². The third-order valence-electron chi connectivity index (χ3n) is 12.0. The summed E-state index contributed by atoms with van der Waals surface area (Å²) in [6, 6.07) is 76.8. The standard InChI is InChI=1S/C54H35BN2O/c1-3-16-36(17-4-1)42-22-7-8-23-43(42)38-30-31-46-47-33-39(37-18-15-21-41(32-37)56-49-27-12-9-24-44(49)45-25-10-13-28-50(45)56)35-53-54(47)55(48-26-11-14-29-52(48)58-53)57(51(46)34-38)40-19-5-2-6-20-40/h1-35H. The van der Waals surface area contributed by atoms with Gasteiger partial charge in [-0.1, -0.05) is 152 Å². The fourth-order valence-electron chi connectivity index (χ4n) is 9.50. The Hall–Kier alpha value is -7.56. The van der Waals surface area contributed by atoms with Crippen molar-refractivity contribution in [2.24, 2.45) is 0 Å². The van der Waals surface area contributed by atoms with Crippen molar-refractivity contribution in [1.29, 1.82) is 0 Å². The SMILES string of the molecule is c1ccc(-c2ccccc2-c2ccc3c(c2)N(c2ccccc2)B2c4ccccc4Oc4cc(-c5cccc(-n6c7ccccc7c7ccccc76)c5)cc-3c42)cc1. The van der Waals surface area contributed by atoms with E-state index in [-0.39, 0.29) is 6.85 Å². The van der Waals surface area contributed by atoms with Crippen molar-refractivity contribution in [1.82, 2.24) is 4.57 Å². The van der Waals surface area contributed by atoms with E-state index < -0.39 is 0 Å². The summed E-state index contributed by atoms with van der Waals surface area (Å²) in [5.74, 6) is 1.78. The van der Waals surface area contributed by atoms with Crippen LogP contribution in [0.5, 0.6) is 11.5 Å². The van der Waals surface area contributed by atoms with Gasteiger partial charge in [0.1, 0.15) is 11.5 Å². The average molecular weight is 739 g/mol. The summed E-state index contributed by atoms with van der Waals surface area (Å²) in [6.07, 6.45) is 0. The zero-order valence-corrected chi connectivity index (χ0v) is 31.6. The Morgan fingerprint density at radius 3 is 1.76 bits per heavy atom. The Morgan fingerprint density at radius 2 is 0.983 bits per heavy atom. The highest BCUT2D eigenvalue weighted by Gasteiger charge is 2.44. The fraction of sp³-hybridized carbons (Fsp3) is 0. The molecule has 0 amide bonds. The minimum Gasteiger partial charge on any atom is -0.458 e. The Bertz CT molecular complexity index is 3170. The van der Waals surface area contributed by atoms with Crippen molar-refractivity contribution in [3.63, 3.8) is 0 Å². The first-order valence-electron chi connectivity index (χ1n) is 20.0. The van der Waals surface area contributed by atoms with E-state index in [0.29, 0.717) is 0 Å². The van der Waals surface area contributed by atoms with Crippen LogP contribution < -0.4 is 20.5 Å². The highest BCUT2D eigenvalue weighted by atomic mass is 16.5. The van der Waals surface area contributed by atoms with Crippen molar-refractivity contribution < 1.29 is 4.74 Å². The van der Waals surface area contributed by atoms with Crippen LogP contribution in [-0.4, -0.2) is 11.4 Å². The molecule has 0 saturated heterocycles. The maximum absolute atomic E-state index is 6.93. The second kappa shape index (κ2) is 13.0. The lowest BCUT2D eigenvalue weighted by atomic mass is 9.44. The Balaban J connectivity index is 1.09. The molecule has 4 heteroatoms. The lowest BCUT2D eigenvalue weighted by Gasteiger charge is -2.42. The van der Waals surface area contributed by atoms with Crippen molar-refractivity contribution in [2.75, 3.05) is 4.81 Å². The van der Waals surface area contributed by atoms with Gasteiger partial charge in [0.15, 0.2) is 0 Å². The topological polar surface area (TPSA) is 17.4 Å². The largest absolute Gasteiger partial charge is 0.458 e. The van der Waals surface area contributed by atoms with Gasteiger partial charge >= 0.3 is 6.85 Å². The summed E-state index contributed by atoms with van der Waals surface area (Å²) in [7, 11) is 0. The molecule has 9 aromatic carbocycles. The average Bonchev–Trinajstić information content (AvgIpc) is 3.64. The molecule has 12 rings (SSSR count). The van der Waals surface area contributed by atoms with Gasteiger partial charge in [0.25, 0.3) is 0 Å². The number of aromatic nitrogens is 1. The molecule has 0 fully saturated rings. The van der Waals surface area contributed by atoms with Crippen molar-refractivity contribution in [3.8, 4) is 61.7 Å². The van der Waals surface area contributed by atoms with E-state index in [9.17, 15) is 0 Å². The smallest absolute Gasteiger partial charge is 0.336 e. The molecular weight excluding hydrogens is 703 g/mol. The van der Waals surface area contributed by atoms with Crippen LogP contribution >= 0.6 is 0 Å². The van der Waals surface area contributed by atoms with Gasteiger partial charge in [-0.3, -0.25) is 0 Å². The highest BCUT2D eigenvalue weighted by Crippen LogP contribution is 2.47. The van der Waals surface area contributed by atoms with Crippen LogP contribution in [0.4, 0.5) is 11.4 Å². The van der Waals surface area contributed by atoms with Gasteiger partial charge in [0.05, 0.1) is 11.0 Å². The molecule has 0 atom stereocenters. The molecule has 0 bridgehead atoms. The van der Waals surface area contributed by atoms with Crippen molar-refractivity contribution in [2.45, 2.75) is 0 Å². The van der Waals surface area contributed by atoms with Crippen LogP contribution in [0, 0.1) is 0 Å². The number of para-hydroxylation sites is 4. The van der Waals surface area contributed by atoms with Gasteiger partial charge in [0.2, 0.25) is 0 Å². The van der Waals surface area contributed by atoms with Crippen LogP contribution in [0.2, 0.25) is 0 Å². The maximum atomic E-state index is 6.93. The predicted octanol–water partition coefficient (Wildman–Crippen LogP) is 12.8. The summed E-state index contributed by atoms with van der Waals surface area (Å²) >= 11 is 0. The maximum Gasteiger partial charge on any atom is 0.336 e. The molecule has 0 saturated carbocycles. The van der Waals surface area contributed by atoms with E-state index in [4.69, 9.17) is 4.74 Å².